The van der Waals surface area contributed by atoms with Crippen LogP contribution in [-0.2, 0) is 9.53 Å². The van der Waals surface area contributed by atoms with Gasteiger partial charge in [0.1, 0.15) is 6.04 Å². The van der Waals surface area contributed by atoms with Gasteiger partial charge in [-0.1, -0.05) is 0 Å². The lowest BCUT2D eigenvalue weighted by Crippen LogP contribution is -2.35. The highest BCUT2D eigenvalue weighted by atomic mass is 16.5. The van der Waals surface area contributed by atoms with E-state index >= 15 is 0 Å². The quantitative estimate of drug-likeness (QED) is 0.499. The van der Waals surface area contributed by atoms with Crippen molar-refractivity contribution in [2.45, 2.75) is 31.7 Å². The normalized spacial score (nSPS) is 21.6. The van der Waals surface area contributed by atoms with Crippen molar-refractivity contribution >= 4 is 5.97 Å². The largest absolute Gasteiger partial charge is 0.464 e. The van der Waals surface area contributed by atoms with Crippen molar-refractivity contribution in [1.82, 2.24) is 4.90 Å². The number of carbonyl (C=O) groups excluding carboxylic acids is 1. The Balaban J connectivity index is 2.14. The van der Waals surface area contributed by atoms with Crippen LogP contribution in [-0.4, -0.2) is 48.8 Å². The van der Waals surface area contributed by atoms with Crippen LogP contribution in [0.5, 0.6) is 0 Å². The molecule has 4 heteroatoms. The molecular formula is C10H19NO3. The molecule has 0 aromatic heterocycles. The topological polar surface area (TPSA) is 49.8 Å². The lowest BCUT2D eigenvalue weighted by atomic mass is 10.2. The van der Waals surface area contributed by atoms with Gasteiger partial charge in [0.05, 0.1) is 6.61 Å². The summed E-state index contributed by atoms with van der Waals surface area (Å²) < 4.78 is 4.89. The second-order valence-electron chi connectivity index (χ2n) is 3.74. The summed E-state index contributed by atoms with van der Waals surface area (Å²) in [5.74, 6) is -0.0883. The number of rotatable bonds is 6. The van der Waals surface area contributed by atoms with Crippen LogP contribution in [0, 0.1) is 0 Å². The van der Waals surface area contributed by atoms with E-state index in [4.69, 9.17) is 9.84 Å². The highest BCUT2D eigenvalue weighted by Gasteiger charge is 2.29. The molecule has 4 nitrogen and oxygen atoms in total. The van der Waals surface area contributed by atoms with E-state index < -0.39 is 0 Å². The summed E-state index contributed by atoms with van der Waals surface area (Å²) in [4.78, 5) is 13.2. The first-order valence-electron chi connectivity index (χ1n) is 5.23. The molecule has 1 aliphatic heterocycles. The molecule has 1 heterocycles. The molecule has 14 heavy (non-hydrogen) atoms. The van der Waals surface area contributed by atoms with E-state index in [1.165, 1.54) is 0 Å². The summed E-state index contributed by atoms with van der Waals surface area (Å²) in [7, 11) is 1.95. The molecule has 0 aromatic carbocycles. The molecule has 1 fully saturated rings. The van der Waals surface area contributed by atoms with Crippen LogP contribution in [0.3, 0.4) is 0 Å². The Kier molecular flexibility index (Phi) is 4.90. The number of unbranched alkanes of at least 4 members (excludes halogenated alkanes) is 2. The number of esters is 1. The summed E-state index contributed by atoms with van der Waals surface area (Å²) in [5, 5.41) is 8.60. The van der Waals surface area contributed by atoms with Crippen molar-refractivity contribution in [3.63, 3.8) is 0 Å². The highest BCUT2D eigenvalue weighted by molar-refractivity contribution is 5.77. The first-order chi connectivity index (χ1) is 6.75. The number of aliphatic hydroxyl groups is 1. The van der Waals surface area contributed by atoms with Crippen LogP contribution in [0.25, 0.3) is 0 Å². The molecule has 0 saturated carbocycles. The fourth-order valence-corrected chi connectivity index (χ4v) is 1.69. The van der Waals surface area contributed by atoms with Gasteiger partial charge < -0.3 is 9.84 Å². The lowest BCUT2D eigenvalue weighted by molar-refractivity contribution is -0.141. The maximum absolute atomic E-state index is 11.2. The van der Waals surface area contributed by atoms with Gasteiger partial charge in [-0.3, -0.25) is 9.69 Å². The number of nitrogens with zero attached hydrogens (tertiary/aromatic N) is 1. The van der Waals surface area contributed by atoms with Crippen molar-refractivity contribution < 1.29 is 14.6 Å². The standard InChI is InChI=1S/C10H19NO3/c1-11(6-3-2-4-7-12)9-5-8-14-10(9)13/h9,12H,2-8H2,1H3. The Hall–Kier alpha value is -0.610. The molecule has 0 aromatic rings. The second kappa shape index (κ2) is 5.98. The molecule has 0 amide bonds. The average molecular weight is 201 g/mol. The Morgan fingerprint density at radius 3 is 2.86 bits per heavy atom. The molecule has 1 unspecified atom stereocenters. The number of ether oxygens (including phenoxy) is 1. The van der Waals surface area contributed by atoms with E-state index in [0.29, 0.717) is 6.61 Å². The minimum atomic E-state index is -0.0883. The fourth-order valence-electron chi connectivity index (χ4n) is 1.69. The van der Waals surface area contributed by atoms with Crippen molar-refractivity contribution in [1.29, 1.82) is 0 Å². The first-order valence-corrected chi connectivity index (χ1v) is 5.23. The van der Waals surface area contributed by atoms with Crippen LogP contribution in [0.2, 0.25) is 0 Å². The van der Waals surface area contributed by atoms with Crippen LogP contribution >= 0.6 is 0 Å². The van der Waals surface area contributed by atoms with Crippen molar-refractivity contribution in [3.8, 4) is 0 Å². The predicted molar refractivity (Wildman–Crippen MR) is 52.9 cm³/mol. The third-order valence-electron chi connectivity index (χ3n) is 2.61. The average Bonchev–Trinajstić information content (AvgIpc) is 2.59. The molecule has 1 atom stereocenters. The second-order valence-corrected chi connectivity index (χ2v) is 3.74. The molecule has 82 valence electrons. The smallest absolute Gasteiger partial charge is 0.323 e. The summed E-state index contributed by atoms with van der Waals surface area (Å²) in [6.07, 6.45) is 3.71. The third-order valence-corrected chi connectivity index (χ3v) is 2.61. The molecule has 0 aliphatic carbocycles. The van der Waals surface area contributed by atoms with Gasteiger partial charge in [0.15, 0.2) is 0 Å². The minimum absolute atomic E-state index is 0.0378. The van der Waals surface area contributed by atoms with E-state index in [1.807, 2.05) is 11.9 Å². The first kappa shape index (κ1) is 11.5. The molecule has 1 aliphatic rings. The third kappa shape index (κ3) is 3.27. The van der Waals surface area contributed by atoms with Crippen molar-refractivity contribution in [2.24, 2.45) is 0 Å². The molecule has 1 saturated heterocycles. The monoisotopic (exact) mass is 201 g/mol. The van der Waals surface area contributed by atoms with E-state index in [2.05, 4.69) is 0 Å². The predicted octanol–water partition coefficient (Wildman–Crippen LogP) is 0.396. The van der Waals surface area contributed by atoms with E-state index in [9.17, 15) is 4.79 Å². The summed E-state index contributed by atoms with van der Waals surface area (Å²) >= 11 is 0. The van der Waals surface area contributed by atoms with E-state index in [-0.39, 0.29) is 18.6 Å². The maximum atomic E-state index is 11.2. The minimum Gasteiger partial charge on any atom is -0.464 e. The summed E-state index contributed by atoms with van der Waals surface area (Å²) in [6.45, 7) is 1.72. The van der Waals surface area contributed by atoms with Gasteiger partial charge >= 0.3 is 5.97 Å². The van der Waals surface area contributed by atoms with Crippen LogP contribution in [0.4, 0.5) is 0 Å². The molecule has 0 spiro atoms. The number of hydrogen-bond acceptors (Lipinski definition) is 4. The zero-order chi connectivity index (χ0) is 10.4. The molecule has 0 bridgehead atoms. The number of cyclic esters (lactones) is 1. The van der Waals surface area contributed by atoms with Crippen LogP contribution < -0.4 is 0 Å². The molecular weight excluding hydrogens is 182 g/mol. The van der Waals surface area contributed by atoms with Gasteiger partial charge in [-0.25, -0.2) is 0 Å². The lowest BCUT2D eigenvalue weighted by Gasteiger charge is -2.20. The fraction of sp³-hybridized carbons (Fsp3) is 0.900. The highest BCUT2D eigenvalue weighted by Crippen LogP contribution is 2.13. The van der Waals surface area contributed by atoms with Gasteiger partial charge in [0.25, 0.3) is 0 Å². The van der Waals surface area contributed by atoms with Gasteiger partial charge in [-0.05, 0) is 32.9 Å². The number of carbonyl (C=O) groups is 1. The molecule has 0 radical (unpaired) electrons. The summed E-state index contributed by atoms with van der Waals surface area (Å²) in [6, 6.07) is -0.0378. The Labute approximate surface area is 84.8 Å². The number of hydrogen-bond donors (Lipinski definition) is 1. The Bertz CT molecular complexity index is 184. The number of likely N-dealkylation sites (N-methyl/N-ethyl adjacent to an activating group) is 1. The van der Waals surface area contributed by atoms with E-state index in [0.717, 1.165) is 32.2 Å². The Morgan fingerprint density at radius 2 is 2.29 bits per heavy atom. The maximum Gasteiger partial charge on any atom is 0.323 e. The van der Waals surface area contributed by atoms with Gasteiger partial charge in [-0.15, -0.1) is 0 Å². The molecule has 1 N–H and O–H groups in total. The van der Waals surface area contributed by atoms with Crippen molar-refractivity contribution in [2.75, 3.05) is 26.8 Å². The van der Waals surface area contributed by atoms with Crippen molar-refractivity contribution in [3.05, 3.63) is 0 Å². The van der Waals surface area contributed by atoms with Gasteiger partial charge in [-0.2, -0.15) is 0 Å². The van der Waals surface area contributed by atoms with Crippen LogP contribution in [0.15, 0.2) is 0 Å². The van der Waals surface area contributed by atoms with Crippen LogP contribution in [0.1, 0.15) is 25.7 Å². The number of aliphatic hydroxyl groups excluding tert-OH is 1. The zero-order valence-electron chi connectivity index (χ0n) is 8.74. The Morgan fingerprint density at radius 1 is 1.50 bits per heavy atom. The SMILES string of the molecule is CN(CCCCCO)C1CCOC1=O. The summed E-state index contributed by atoms with van der Waals surface area (Å²) in [5.41, 5.74) is 0. The molecule has 1 rings (SSSR count). The van der Waals surface area contributed by atoms with E-state index in [1.54, 1.807) is 0 Å². The van der Waals surface area contributed by atoms with Gasteiger partial charge in [0.2, 0.25) is 0 Å². The zero-order valence-corrected chi connectivity index (χ0v) is 8.74. The van der Waals surface area contributed by atoms with Gasteiger partial charge in [0, 0.05) is 13.0 Å².